The van der Waals surface area contributed by atoms with E-state index in [9.17, 15) is 9.59 Å². The van der Waals surface area contributed by atoms with Gasteiger partial charge in [-0.2, -0.15) is 0 Å². The number of likely N-dealkylation sites (tertiary alicyclic amines) is 1. The number of aromatic nitrogens is 2. The van der Waals surface area contributed by atoms with Gasteiger partial charge in [-0.3, -0.25) is 9.59 Å². The fourth-order valence-corrected chi connectivity index (χ4v) is 2.63. The molecule has 0 radical (unpaired) electrons. The van der Waals surface area contributed by atoms with E-state index in [4.69, 9.17) is 16.7 Å². The number of carbonyl (C=O) groups excluding carboxylic acids is 1. The Labute approximate surface area is 128 Å². The zero-order valence-electron chi connectivity index (χ0n) is 12.0. The van der Waals surface area contributed by atoms with Crippen LogP contribution in [0.3, 0.4) is 0 Å². The SMILES string of the molecule is CC(C)c1ncc(Cl)c(C(=O)N2CCCC2CC(=O)O)n1. The summed E-state index contributed by atoms with van der Waals surface area (Å²) >= 11 is 6.04. The van der Waals surface area contributed by atoms with Crippen molar-refractivity contribution >= 4 is 23.5 Å². The lowest BCUT2D eigenvalue weighted by molar-refractivity contribution is -0.137. The van der Waals surface area contributed by atoms with E-state index >= 15 is 0 Å². The molecule has 1 saturated heterocycles. The molecule has 1 aliphatic heterocycles. The number of aliphatic carboxylic acids is 1. The van der Waals surface area contributed by atoms with E-state index in [-0.39, 0.29) is 35.0 Å². The molecule has 2 heterocycles. The Morgan fingerprint density at radius 1 is 1.52 bits per heavy atom. The van der Waals surface area contributed by atoms with Crippen molar-refractivity contribution in [3.63, 3.8) is 0 Å². The average molecular weight is 312 g/mol. The molecule has 1 aliphatic rings. The molecule has 0 bridgehead atoms. The zero-order chi connectivity index (χ0) is 15.6. The maximum atomic E-state index is 12.6. The van der Waals surface area contributed by atoms with Gasteiger partial charge in [-0.15, -0.1) is 0 Å². The van der Waals surface area contributed by atoms with Gasteiger partial charge < -0.3 is 10.0 Å². The van der Waals surface area contributed by atoms with E-state index in [0.717, 1.165) is 6.42 Å². The van der Waals surface area contributed by atoms with Crippen molar-refractivity contribution in [1.29, 1.82) is 0 Å². The van der Waals surface area contributed by atoms with E-state index in [1.165, 1.54) is 6.20 Å². The molecule has 0 aromatic carbocycles. The van der Waals surface area contributed by atoms with Crippen molar-refractivity contribution < 1.29 is 14.7 Å². The summed E-state index contributed by atoms with van der Waals surface area (Å²) in [4.78, 5) is 33.4. The number of carboxylic acids is 1. The summed E-state index contributed by atoms with van der Waals surface area (Å²) < 4.78 is 0. The molecule has 2 rings (SSSR count). The Hall–Kier alpha value is -1.69. The van der Waals surface area contributed by atoms with Crippen LogP contribution in [-0.2, 0) is 4.79 Å². The molecule has 0 aliphatic carbocycles. The minimum Gasteiger partial charge on any atom is -0.481 e. The average Bonchev–Trinajstić information content (AvgIpc) is 2.85. The van der Waals surface area contributed by atoms with Crippen LogP contribution in [0.2, 0.25) is 5.02 Å². The van der Waals surface area contributed by atoms with E-state index in [2.05, 4.69) is 9.97 Å². The van der Waals surface area contributed by atoms with Gasteiger partial charge in [0, 0.05) is 18.5 Å². The molecule has 21 heavy (non-hydrogen) atoms. The largest absolute Gasteiger partial charge is 0.481 e. The number of rotatable bonds is 4. The first-order chi connectivity index (χ1) is 9.90. The number of halogens is 1. The summed E-state index contributed by atoms with van der Waals surface area (Å²) in [5.41, 5.74) is 0.160. The molecule has 1 N–H and O–H groups in total. The first-order valence-electron chi connectivity index (χ1n) is 6.95. The van der Waals surface area contributed by atoms with E-state index in [0.29, 0.717) is 18.8 Å². The van der Waals surface area contributed by atoms with Crippen molar-refractivity contribution in [2.75, 3.05) is 6.54 Å². The standard InChI is InChI=1S/C14H18ClN3O3/c1-8(2)13-16-7-10(15)12(17-13)14(21)18-5-3-4-9(18)6-11(19)20/h7-9H,3-6H2,1-2H3,(H,19,20). The summed E-state index contributed by atoms with van der Waals surface area (Å²) in [5, 5.41) is 9.13. The van der Waals surface area contributed by atoms with Gasteiger partial charge in [0.15, 0.2) is 5.69 Å². The lowest BCUT2D eigenvalue weighted by atomic mass is 10.1. The van der Waals surface area contributed by atoms with Crippen LogP contribution >= 0.6 is 11.6 Å². The van der Waals surface area contributed by atoms with Crippen molar-refractivity contribution in [3.05, 3.63) is 22.7 Å². The second-order valence-electron chi connectivity index (χ2n) is 5.47. The van der Waals surface area contributed by atoms with Gasteiger partial charge >= 0.3 is 5.97 Å². The molecular weight excluding hydrogens is 294 g/mol. The maximum absolute atomic E-state index is 12.6. The van der Waals surface area contributed by atoms with Crippen LogP contribution < -0.4 is 0 Å². The topological polar surface area (TPSA) is 83.4 Å². The number of carbonyl (C=O) groups is 2. The van der Waals surface area contributed by atoms with Crippen molar-refractivity contribution in [2.45, 2.75) is 45.1 Å². The van der Waals surface area contributed by atoms with Crippen LogP contribution in [0.25, 0.3) is 0 Å². The number of amides is 1. The van der Waals surface area contributed by atoms with Crippen molar-refractivity contribution in [2.24, 2.45) is 0 Å². The number of carboxylic acid groups (broad SMARTS) is 1. The highest BCUT2D eigenvalue weighted by Gasteiger charge is 2.32. The third-order valence-electron chi connectivity index (χ3n) is 3.53. The van der Waals surface area contributed by atoms with E-state index in [1.54, 1.807) is 4.90 Å². The predicted octanol–water partition coefficient (Wildman–Crippen LogP) is 2.33. The summed E-state index contributed by atoms with van der Waals surface area (Å²) in [6, 6.07) is -0.288. The Bertz CT molecular complexity index is 562. The van der Waals surface area contributed by atoms with Crippen molar-refractivity contribution in [1.82, 2.24) is 14.9 Å². The van der Waals surface area contributed by atoms with Crippen LogP contribution in [0, 0.1) is 0 Å². The van der Waals surface area contributed by atoms with Gasteiger partial charge in [0.05, 0.1) is 17.6 Å². The maximum Gasteiger partial charge on any atom is 0.305 e. The Morgan fingerprint density at radius 3 is 2.86 bits per heavy atom. The minimum atomic E-state index is -0.906. The molecule has 6 nitrogen and oxygen atoms in total. The fraction of sp³-hybridized carbons (Fsp3) is 0.571. The van der Waals surface area contributed by atoms with Crippen LogP contribution in [0.15, 0.2) is 6.20 Å². The molecule has 1 aromatic rings. The van der Waals surface area contributed by atoms with Gasteiger partial charge in [-0.1, -0.05) is 25.4 Å². The molecular formula is C14H18ClN3O3. The zero-order valence-corrected chi connectivity index (χ0v) is 12.8. The summed E-state index contributed by atoms with van der Waals surface area (Å²) in [5.74, 6) is -0.580. The van der Waals surface area contributed by atoms with Crippen LogP contribution in [0.1, 0.15) is 55.3 Å². The minimum absolute atomic E-state index is 0.0501. The van der Waals surface area contributed by atoms with Crippen LogP contribution in [0.4, 0.5) is 0 Å². The van der Waals surface area contributed by atoms with Crippen LogP contribution in [-0.4, -0.2) is 44.4 Å². The first-order valence-corrected chi connectivity index (χ1v) is 7.33. The molecule has 0 spiro atoms. The predicted molar refractivity (Wildman–Crippen MR) is 77.4 cm³/mol. The summed E-state index contributed by atoms with van der Waals surface area (Å²) in [7, 11) is 0. The smallest absolute Gasteiger partial charge is 0.305 e. The normalized spacial score (nSPS) is 18.3. The highest BCUT2D eigenvalue weighted by Crippen LogP contribution is 2.25. The number of hydrogen-bond acceptors (Lipinski definition) is 4. The van der Waals surface area contributed by atoms with Gasteiger partial charge in [0.2, 0.25) is 0 Å². The van der Waals surface area contributed by atoms with E-state index in [1.807, 2.05) is 13.8 Å². The van der Waals surface area contributed by atoms with Gasteiger partial charge in [0.25, 0.3) is 5.91 Å². The molecule has 114 valence electrons. The monoisotopic (exact) mass is 311 g/mol. The van der Waals surface area contributed by atoms with Gasteiger partial charge in [0.1, 0.15) is 5.82 Å². The number of nitrogens with zero attached hydrogens (tertiary/aromatic N) is 3. The fourth-order valence-electron chi connectivity index (χ4n) is 2.46. The Balaban J connectivity index is 2.26. The second kappa shape index (κ2) is 6.39. The Morgan fingerprint density at radius 2 is 2.24 bits per heavy atom. The highest BCUT2D eigenvalue weighted by atomic mass is 35.5. The Kier molecular flexibility index (Phi) is 4.77. The second-order valence-corrected chi connectivity index (χ2v) is 5.88. The quantitative estimate of drug-likeness (QED) is 0.922. The molecule has 7 heteroatoms. The van der Waals surface area contributed by atoms with E-state index < -0.39 is 5.97 Å². The highest BCUT2D eigenvalue weighted by molar-refractivity contribution is 6.33. The van der Waals surface area contributed by atoms with Gasteiger partial charge in [-0.05, 0) is 12.8 Å². The third kappa shape index (κ3) is 3.50. The van der Waals surface area contributed by atoms with Crippen LogP contribution in [0.5, 0.6) is 0 Å². The first kappa shape index (κ1) is 15.7. The van der Waals surface area contributed by atoms with Gasteiger partial charge in [-0.25, -0.2) is 9.97 Å². The summed E-state index contributed by atoms with van der Waals surface area (Å²) in [6.07, 6.45) is 2.87. The third-order valence-corrected chi connectivity index (χ3v) is 3.81. The molecule has 1 unspecified atom stereocenters. The molecule has 1 atom stereocenters. The lowest BCUT2D eigenvalue weighted by Gasteiger charge is -2.23. The number of hydrogen-bond donors (Lipinski definition) is 1. The van der Waals surface area contributed by atoms with Crippen molar-refractivity contribution in [3.8, 4) is 0 Å². The lowest BCUT2D eigenvalue weighted by Crippen LogP contribution is -2.37. The molecule has 1 aromatic heterocycles. The molecule has 1 fully saturated rings. The molecule has 1 amide bonds. The molecule has 0 saturated carbocycles. The summed E-state index contributed by atoms with van der Waals surface area (Å²) in [6.45, 7) is 4.40.